The fourth-order valence-electron chi connectivity index (χ4n) is 3.54. The molecule has 1 aliphatic heterocycles. The second kappa shape index (κ2) is 4.62. The Labute approximate surface area is 118 Å². The Bertz CT molecular complexity index is 594. The lowest BCUT2D eigenvalue weighted by atomic mass is 9.74. The zero-order chi connectivity index (χ0) is 14.3. The predicted molar refractivity (Wildman–Crippen MR) is 76.5 cm³/mol. The summed E-state index contributed by atoms with van der Waals surface area (Å²) >= 11 is 0. The lowest BCUT2D eigenvalue weighted by Gasteiger charge is -2.34. The summed E-state index contributed by atoms with van der Waals surface area (Å²) in [5.74, 6) is -0.199. The van der Waals surface area contributed by atoms with E-state index >= 15 is 0 Å². The van der Waals surface area contributed by atoms with Crippen molar-refractivity contribution in [2.45, 2.75) is 51.5 Å². The minimum atomic E-state index is -0.832. The molecule has 0 saturated carbocycles. The van der Waals surface area contributed by atoms with Gasteiger partial charge in [-0.1, -0.05) is 26.0 Å². The Morgan fingerprint density at radius 2 is 1.85 bits per heavy atom. The van der Waals surface area contributed by atoms with E-state index in [0.29, 0.717) is 6.42 Å². The first-order chi connectivity index (χ1) is 9.60. The van der Waals surface area contributed by atoms with Crippen molar-refractivity contribution in [3.8, 4) is 0 Å². The highest BCUT2D eigenvalue weighted by atomic mass is 16.2. The predicted octanol–water partition coefficient (Wildman–Crippen LogP) is 2.18. The number of benzene rings is 1. The summed E-state index contributed by atoms with van der Waals surface area (Å²) in [6.45, 7) is 4.28. The van der Waals surface area contributed by atoms with Crippen molar-refractivity contribution in [3.63, 3.8) is 0 Å². The van der Waals surface area contributed by atoms with Crippen LogP contribution >= 0.6 is 0 Å². The first-order valence-corrected chi connectivity index (χ1v) is 7.39. The quantitative estimate of drug-likeness (QED) is 0.811. The maximum Gasteiger partial charge on any atom is 0.322 e. The van der Waals surface area contributed by atoms with Crippen LogP contribution in [-0.2, 0) is 29.6 Å². The number of imide groups is 1. The van der Waals surface area contributed by atoms with Crippen LogP contribution in [0.3, 0.4) is 0 Å². The zero-order valence-corrected chi connectivity index (χ0v) is 12.0. The van der Waals surface area contributed by atoms with Crippen LogP contribution in [-0.4, -0.2) is 11.9 Å². The maximum absolute atomic E-state index is 12.3. The Hall–Kier alpha value is -1.84. The average Bonchev–Trinajstić information content (AvgIpc) is 2.73. The summed E-state index contributed by atoms with van der Waals surface area (Å²) in [5, 5.41) is 5.26. The number of hydrogen-bond donors (Lipinski definition) is 2. The second-order valence-electron chi connectivity index (χ2n) is 5.65. The molecular formula is C16H20N2O2. The number of urea groups is 1. The lowest BCUT2D eigenvalue weighted by molar-refractivity contribution is -0.124. The minimum Gasteiger partial charge on any atom is -0.319 e. The van der Waals surface area contributed by atoms with Crippen LogP contribution in [0.15, 0.2) is 12.1 Å². The van der Waals surface area contributed by atoms with Gasteiger partial charge in [0, 0.05) is 0 Å². The van der Waals surface area contributed by atoms with Crippen LogP contribution < -0.4 is 10.6 Å². The third-order valence-corrected chi connectivity index (χ3v) is 4.59. The fourth-order valence-corrected chi connectivity index (χ4v) is 3.54. The van der Waals surface area contributed by atoms with E-state index in [4.69, 9.17) is 0 Å². The molecule has 1 aromatic rings. The van der Waals surface area contributed by atoms with Gasteiger partial charge in [0.15, 0.2) is 0 Å². The molecule has 1 aliphatic carbocycles. The van der Waals surface area contributed by atoms with Crippen LogP contribution in [0.5, 0.6) is 0 Å². The molecule has 1 atom stereocenters. The van der Waals surface area contributed by atoms with E-state index in [9.17, 15) is 9.59 Å². The summed E-state index contributed by atoms with van der Waals surface area (Å²) in [6, 6.07) is 3.99. The second-order valence-corrected chi connectivity index (χ2v) is 5.65. The van der Waals surface area contributed by atoms with E-state index in [1.54, 1.807) is 0 Å². The molecule has 1 unspecified atom stereocenters. The molecule has 4 heteroatoms. The SMILES string of the molecule is CCc1cc2c(cc1CC)C1(CCC2)NC(=O)NC1=O. The van der Waals surface area contributed by atoms with Crippen molar-refractivity contribution in [2.24, 2.45) is 0 Å². The average molecular weight is 272 g/mol. The van der Waals surface area contributed by atoms with Crippen LogP contribution in [0, 0.1) is 0 Å². The van der Waals surface area contributed by atoms with E-state index in [0.717, 1.165) is 31.2 Å². The topological polar surface area (TPSA) is 58.2 Å². The number of amides is 3. The van der Waals surface area contributed by atoms with E-state index < -0.39 is 5.54 Å². The van der Waals surface area contributed by atoms with Crippen LogP contribution in [0.4, 0.5) is 4.79 Å². The number of carbonyl (C=O) groups is 2. The summed E-state index contributed by atoms with van der Waals surface area (Å²) in [6.07, 6.45) is 4.54. The smallest absolute Gasteiger partial charge is 0.319 e. The van der Waals surface area contributed by atoms with Crippen molar-refractivity contribution < 1.29 is 9.59 Å². The Morgan fingerprint density at radius 3 is 2.45 bits per heavy atom. The number of aryl methyl sites for hydroxylation is 3. The molecule has 1 saturated heterocycles. The molecule has 0 aromatic heterocycles. The Kier molecular flexibility index (Phi) is 3.04. The van der Waals surface area contributed by atoms with Crippen LogP contribution in [0.1, 0.15) is 48.9 Å². The summed E-state index contributed by atoms with van der Waals surface area (Å²) in [5.41, 5.74) is 4.01. The van der Waals surface area contributed by atoms with Crippen molar-refractivity contribution in [2.75, 3.05) is 0 Å². The third kappa shape index (κ3) is 1.74. The highest BCUT2D eigenvalue weighted by molar-refractivity contribution is 6.07. The van der Waals surface area contributed by atoms with Gasteiger partial charge in [-0.05, 0) is 54.4 Å². The Balaban J connectivity index is 2.18. The Morgan fingerprint density at radius 1 is 1.15 bits per heavy atom. The molecule has 1 aromatic carbocycles. The molecule has 20 heavy (non-hydrogen) atoms. The van der Waals surface area contributed by atoms with Crippen molar-refractivity contribution >= 4 is 11.9 Å². The molecule has 0 bridgehead atoms. The van der Waals surface area contributed by atoms with Gasteiger partial charge in [0.1, 0.15) is 5.54 Å². The van der Waals surface area contributed by atoms with E-state index in [1.807, 2.05) is 0 Å². The normalized spacial score (nSPS) is 24.5. The molecule has 3 rings (SSSR count). The highest BCUT2D eigenvalue weighted by Gasteiger charge is 2.49. The number of hydrogen-bond acceptors (Lipinski definition) is 2. The molecule has 1 heterocycles. The zero-order valence-electron chi connectivity index (χ0n) is 12.0. The monoisotopic (exact) mass is 272 g/mol. The minimum absolute atomic E-state index is 0.199. The van der Waals surface area contributed by atoms with Gasteiger partial charge in [0.25, 0.3) is 5.91 Å². The molecule has 2 aliphatic rings. The van der Waals surface area contributed by atoms with E-state index in [-0.39, 0.29) is 11.9 Å². The van der Waals surface area contributed by atoms with E-state index in [2.05, 4.69) is 36.6 Å². The van der Waals surface area contributed by atoms with Gasteiger partial charge in [-0.15, -0.1) is 0 Å². The van der Waals surface area contributed by atoms with E-state index in [1.165, 1.54) is 16.7 Å². The fraction of sp³-hybridized carbons (Fsp3) is 0.500. The molecule has 2 N–H and O–H groups in total. The molecule has 4 nitrogen and oxygen atoms in total. The third-order valence-electron chi connectivity index (χ3n) is 4.59. The highest BCUT2D eigenvalue weighted by Crippen LogP contribution is 2.39. The van der Waals surface area contributed by atoms with Gasteiger partial charge < -0.3 is 5.32 Å². The number of carbonyl (C=O) groups excluding carboxylic acids is 2. The van der Waals surface area contributed by atoms with Crippen molar-refractivity contribution in [1.29, 1.82) is 0 Å². The molecule has 1 fully saturated rings. The van der Waals surface area contributed by atoms with Crippen molar-refractivity contribution in [3.05, 3.63) is 34.4 Å². The number of fused-ring (bicyclic) bond motifs is 2. The summed E-state index contributed by atoms with van der Waals surface area (Å²) in [4.78, 5) is 23.9. The molecular weight excluding hydrogens is 252 g/mol. The number of nitrogens with one attached hydrogen (secondary N) is 2. The van der Waals surface area contributed by atoms with Gasteiger partial charge in [0.05, 0.1) is 0 Å². The van der Waals surface area contributed by atoms with Gasteiger partial charge in [-0.25, -0.2) is 4.79 Å². The van der Waals surface area contributed by atoms with Gasteiger partial charge in [-0.3, -0.25) is 10.1 Å². The first kappa shape index (κ1) is 13.2. The maximum atomic E-state index is 12.3. The summed E-state index contributed by atoms with van der Waals surface area (Å²) < 4.78 is 0. The van der Waals surface area contributed by atoms with Crippen LogP contribution in [0.25, 0.3) is 0 Å². The van der Waals surface area contributed by atoms with Gasteiger partial charge >= 0.3 is 6.03 Å². The first-order valence-electron chi connectivity index (χ1n) is 7.39. The molecule has 3 amide bonds. The standard InChI is InChI=1S/C16H20N2O2/c1-3-10-8-12-6-5-7-16(13(12)9-11(10)4-2)14(19)17-15(20)18-16/h8-9H,3-7H2,1-2H3,(H2,17,18,19,20). The summed E-state index contributed by atoms with van der Waals surface area (Å²) in [7, 11) is 0. The number of rotatable bonds is 2. The lowest BCUT2D eigenvalue weighted by Crippen LogP contribution is -2.46. The van der Waals surface area contributed by atoms with Crippen LogP contribution in [0.2, 0.25) is 0 Å². The molecule has 1 spiro atoms. The molecule has 106 valence electrons. The molecule has 0 radical (unpaired) electrons. The largest absolute Gasteiger partial charge is 0.322 e. The van der Waals surface area contributed by atoms with Gasteiger partial charge in [-0.2, -0.15) is 0 Å². The van der Waals surface area contributed by atoms with Gasteiger partial charge in [0.2, 0.25) is 0 Å². The van der Waals surface area contributed by atoms with Crippen molar-refractivity contribution in [1.82, 2.24) is 10.6 Å².